The molecule has 0 saturated carbocycles. The Balaban J connectivity index is 2.08. The monoisotopic (exact) mass is 307 g/mol. The molecule has 0 saturated heterocycles. The number of hydrogen-bond acceptors (Lipinski definition) is 3. The fraction of sp³-hybridized carbons (Fsp3) is 0.333. The third-order valence-electron chi connectivity index (χ3n) is 3.46. The van der Waals surface area contributed by atoms with Crippen LogP contribution < -0.4 is 5.32 Å². The number of aromatic hydroxyl groups is 1. The molecule has 6 heteroatoms. The van der Waals surface area contributed by atoms with Crippen LogP contribution in [0.4, 0.5) is 5.69 Å². The molecule has 1 aromatic carbocycles. The van der Waals surface area contributed by atoms with E-state index >= 15 is 0 Å². The van der Waals surface area contributed by atoms with Gasteiger partial charge in [0.1, 0.15) is 5.75 Å². The van der Waals surface area contributed by atoms with Gasteiger partial charge in [-0.3, -0.25) is 9.89 Å². The number of phenols is 1. The standard InChI is InChI=1S/C15H18ClN3O2/c1-8(6-12-9(2)18-19-10(12)3)15(21)17-13-7-11(16)4-5-14(13)20/h4-5,7-8,20H,6H2,1-3H3,(H,17,21)(H,18,19)/t8-/m0/s1. The Bertz CT molecular complexity index is 647. The smallest absolute Gasteiger partial charge is 0.227 e. The molecule has 0 radical (unpaired) electrons. The molecule has 0 fully saturated rings. The zero-order valence-corrected chi connectivity index (χ0v) is 13.0. The molecule has 0 spiro atoms. The maximum Gasteiger partial charge on any atom is 0.227 e. The number of carbonyl (C=O) groups excluding carboxylic acids is 1. The summed E-state index contributed by atoms with van der Waals surface area (Å²) >= 11 is 5.86. The van der Waals surface area contributed by atoms with Crippen molar-refractivity contribution in [3.63, 3.8) is 0 Å². The number of carbonyl (C=O) groups is 1. The lowest BCUT2D eigenvalue weighted by Gasteiger charge is -2.13. The number of benzene rings is 1. The summed E-state index contributed by atoms with van der Waals surface area (Å²) in [5.74, 6) is -0.429. The number of aromatic nitrogens is 2. The average molecular weight is 308 g/mol. The van der Waals surface area contributed by atoms with Crippen LogP contribution in [0, 0.1) is 19.8 Å². The van der Waals surface area contributed by atoms with Gasteiger partial charge >= 0.3 is 0 Å². The number of rotatable bonds is 4. The molecule has 0 unspecified atom stereocenters. The summed E-state index contributed by atoms with van der Waals surface area (Å²) in [5.41, 5.74) is 3.24. The van der Waals surface area contributed by atoms with E-state index in [2.05, 4.69) is 15.5 Å². The maximum absolute atomic E-state index is 12.2. The van der Waals surface area contributed by atoms with E-state index in [0.29, 0.717) is 17.1 Å². The highest BCUT2D eigenvalue weighted by Crippen LogP contribution is 2.27. The van der Waals surface area contributed by atoms with Crippen molar-refractivity contribution in [2.24, 2.45) is 5.92 Å². The third kappa shape index (κ3) is 3.55. The van der Waals surface area contributed by atoms with E-state index in [0.717, 1.165) is 17.0 Å². The Morgan fingerprint density at radius 2 is 2.19 bits per heavy atom. The van der Waals surface area contributed by atoms with Crippen molar-refractivity contribution in [1.29, 1.82) is 0 Å². The highest BCUT2D eigenvalue weighted by atomic mass is 35.5. The van der Waals surface area contributed by atoms with Gasteiger partial charge in [-0.25, -0.2) is 0 Å². The first kappa shape index (κ1) is 15.4. The fourth-order valence-electron chi connectivity index (χ4n) is 2.14. The van der Waals surface area contributed by atoms with Gasteiger partial charge in [-0.05, 0) is 44.0 Å². The summed E-state index contributed by atoms with van der Waals surface area (Å²) in [6.07, 6.45) is 0.585. The lowest BCUT2D eigenvalue weighted by Crippen LogP contribution is -2.22. The topological polar surface area (TPSA) is 78.0 Å². The molecule has 1 aromatic heterocycles. The van der Waals surface area contributed by atoms with E-state index in [-0.39, 0.29) is 17.6 Å². The second-order valence-electron chi connectivity index (χ2n) is 5.17. The van der Waals surface area contributed by atoms with Crippen molar-refractivity contribution in [1.82, 2.24) is 10.2 Å². The molecule has 2 rings (SSSR count). The summed E-state index contributed by atoms with van der Waals surface area (Å²) < 4.78 is 0. The minimum atomic E-state index is -0.251. The number of amides is 1. The SMILES string of the molecule is Cc1n[nH]c(C)c1C[C@H](C)C(=O)Nc1cc(Cl)ccc1O. The molecule has 3 N–H and O–H groups in total. The Morgan fingerprint density at radius 1 is 1.48 bits per heavy atom. The van der Waals surface area contributed by atoms with Crippen molar-refractivity contribution in [3.8, 4) is 5.75 Å². The number of aryl methyl sites for hydroxylation is 2. The van der Waals surface area contributed by atoms with Crippen LogP contribution >= 0.6 is 11.6 Å². The second-order valence-corrected chi connectivity index (χ2v) is 5.60. The maximum atomic E-state index is 12.2. The van der Waals surface area contributed by atoms with Gasteiger partial charge in [0.25, 0.3) is 0 Å². The van der Waals surface area contributed by atoms with E-state index in [1.54, 1.807) is 6.07 Å². The number of nitrogens with one attached hydrogen (secondary N) is 2. The molecule has 21 heavy (non-hydrogen) atoms. The molecular formula is C15H18ClN3O2. The van der Waals surface area contributed by atoms with Gasteiger partial charge in [-0.1, -0.05) is 18.5 Å². The van der Waals surface area contributed by atoms with Crippen LogP contribution in [0.1, 0.15) is 23.9 Å². The highest BCUT2D eigenvalue weighted by Gasteiger charge is 2.18. The van der Waals surface area contributed by atoms with Gasteiger partial charge in [0.05, 0.1) is 11.4 Å². The molecule has 0 aliphatic rings. The number of hydrogen-bond donors (Lipinski definition) is 3. The van der Waals surface area contributed by atoms with Crippen molar-refractivity contribution in [2.75, 3.05) is 5.32 Å². The Labute approximate surface area is 128 Å². The van der Waals surface area contributed by atoms with E-state index in [9.17, 15) is 9.90 Å². The lowest BCUT2D eigenvalue weighted by atomic mass is 9.99. The Hall–Kier alpha value is -2.01. The van der Waals surface area contributed by atoms with Crippen molar-refractivity contribution in [2.45, 2.75) is 27.2 Å². The molecule has 1 atom stereocenters. The van der Waals surface area contributed by atoms with E-state index in [1.807, 2.05) is 20.8 Å². The van der Waals surface area contributed by atoms with Crippen LogP contribution in [0.5, 0.6) is 5.75 Å². The van der Waals surface area contributed by atoms with Crippen LogP contribution in [-0.2, 0) is 11.2 Å². The summed E-state index contributed by atoms with van der Waals surface area (Å²) in [5, 5.41) is 19.9. The third-order valence-corrected chi connectivity index (χ3v) is 3.69. The number of anilines is 1. The van der Waals surface area contributed by atoms with Crippen molar-refractivity contribution >= 4 is 23.2 Å². The van der Waals surface area contributed by atoms with Crippen LogP contribution in [0.15, 0.2) is 18.2 Å². The van der Waals surface area contributed by atoms with Crippen LogP contribution in [-0.4, -0.2) is 21.2 Å². The first-order valence-electron chi connectivity index (χ1n) is 6.68. The first-order valence-corrected chi connectivity index (χ1v) is 7.06. The summed E-state index contributed by atoms with van der Waals surface area (Å²) in [6.45, 7) is 5.68. The quantitative estimate of drug-likeness (QED) is 0.759. The zero-order valence-electron chi connectivity index (χ0n) is 12.2. The van der Waals surface area contributed by atoms with E-state index in [1.165, 1.54) is 12.1 Å². The first-order chi connectivity index (χ1) is 9.88. The predicted octanol–water partition coefficient (Wildman–Crippen LogP) is 3.20. The van der Waals surface area contributed by atoms with Gasteiger partial charge in [0, 0.05) is 16.6 Å². The molecule has 0 aliphatic heterocycles. The predicted molar refractivity (Wildman–Crippen MR) is 82.7 cm³/mol. The molecule has 2 aromatic rings. The van der Waals surface area contributed by atoms with Gasteiger partial charge in [-0.2, -0.15) is 5.10 Å². The Kier molecular flexibility index (Phi) is 4.53. The molecule has 5 nitrogen and oxygen atoms in total. The number of H-pyrrole nitrogens is 1. The fourth-order valence-corrected chi connectivity index (χ4v) is 2.31. The summed E-state index contributed by atoms with van der Waals surface area (Å²) in [6, 6.07) is 4.54. The lowest BCUT2D eigenvalue weighted by molar-refractivity contribution is -0.119. The number of aromatic amines is 1. The van der Waals surface area contributed by atoms with E-state index in [4.69, 9.17) is 11.6 Å². The van der Waals surface area contributed by atoms with Crippen LogP contribution in [0.3, 0.4) is 0 Å². The number of phenolic OH excluding ortho intramolecular Hbond substituents is 1. The molecule has 0 bridgehead atoms. The van der Waals surface area contributed by atoms with Gasteiger partial charge in [-0.15, -0.1) is 0 Å². The van der Waals surface area contributed by atoms with E-state index < -0.39 is 0 Å². The largest absolute Gasteiger partial charge is 0.506 e. The molecular weight excluding hydrogens is 290 g/mol. The van der Waals surface area contributed by atoms with Crippen LogP contribution in [0.2, 0.25) is 5.02 Å². The molecule has 1 heterocycles. The highest BCUT2D eigenvalue weighted by molar-refractivity contribution is 6.31. The second kappa shape index (κ2) is 6.18. The summed E-state index contributed by atoms with van der Waals surface area (Å²) in [7, 11) is 0. The van der Waals surface area contributed by atoms with Gasteiger partial charge < -0.3 is 10.4 Å². The molecule has 0 aliphatic carbocycles. The minimum Gasteiger partial charge on any atom is -0.506 e. The van der Waals surface area contributed by atoms with Crippen LogP contribution in [0.25, 0.3) is 0 Å². The average Bonchev–Trinajstić information content (AvgIpc) is 2.74. The van der Waals surface area contributed by atoms with Gasteiger partial charge in [0.15, 0.2) is 0 Å². The number of nitrogens with zero attached hydrogens (tertiary/aromatic N) is 1. The number of halogens is 1. The van der Waals surface area contributed by atoms with Crippen molar-refractivity contribution in [3.05, 3.63) is 40.2 Å². The van der Waals surface area contributed by atoms with Crippen molar-refractivity contribution < 1.29 is 9.90 Å². The minimum absolute atomic E-state index is 0.00405. The molecule has 112 valence electrons. The summed E-state index contributed by atoms with van der Waals surface area (Å²) in [4.78, 5) is 12.2. The normalized spacial score (nSPS) is 12.2. The van der Waals surface area contributed by atoms with Gasteiger partial charge in [0.2, 0.25) is 5.91 Å². The molecule has 1 amide bonds. The zero-order chi connectivity index (χ0) is 15.6. The Morgan fingerprint density at radius 3 is 2.81 bits per heavy atom.